The van der Waals surface area contributed by atoms with Crippen LogP contribution in [-0.2, 0) is 0 Å². The van der Waals surface area contributed by atoms with Gasteiger partial charge in [-0.2, -0.15) is 5.10 Å². The molecule has 124 valence electrons. The van der Waals surface area contributed by atoms with Crippen LogP contribution in [0.3, 0.4) is 0 Å². The van der Waals surface area contributed by atoms with Crippen molar-refractivity contribution in [3.05, 3.63) is 59.9 Å². The number of hydrogen-bond donors (Lipinski definition) is 0. The first-order valence-electron chi connectivity index (χ1n) is 8.30. The van der Waals surface area contributed by atoms with Gasteiger partial charge in [0.2, 0.25) is 0 Å². The second kappa shape index (κ2) is 8.11. The molecule has 0 bridgehead atoms. The Bertz CT molecular complexity index is 730. The lowest BCUT2D eigenvalue weighted by molar-refractivity contribution is 0.0778. The van der Waals surface area contributed by atoms with Gasteiger partial charge in [0.15, 0.2) is 0 Å². The maximum atomic E-state index is 12.4. The molecule has 0 saturated heterocycles. The highest BCUT2D eigenvalue weighted by atomic mass is 32.2. The second-order valence-corrected chi connectivity index (χ2v) is 6.86. The summed E-state index contributed by atoms with van der Waals surface area (Å²) in [6, 6.07) is 12.0. The summed E-state index contributed by atoms with van der Waals surface area (Å²) < 4.78 is 0. The zero-order valence-electron chi connectivity index (χ0n) is 13.8. The van der Waals surface area contributed by atoms with Crippen molar-refractivity contribution in [2.45, 2.75) is 31.1 Å². The lowest BCUT2D eigenvalue weighted by Gasteiger charge is -2.10. The van der Waals surface area contributed by atoms with Crippen LogP contribution in [0.25, 0.3) is 0 Å². The van der Waals surface area contributed by atoms with Crippen LogP contribution in [0.15, 0.2) is 58.8 Å². The Kier molecular flexibility index (Phi) is 5.64. The number of amides is 1. The van der Waals surface area contributed by atoms with E-state index in [9.17, 15) is 4.79 Å². The van der Waals surface area contributed by atoms with Crippen molar-refractivity contribution in [2.24, 2.45) is 5.10 Å². The number of aromatic nitrogens is 1. The van der Waals surface area contributed by atoms with Crippen LogP contribution < -0.4 is 0 Å². The summed E-state index contributed by atoms with van der Waals surface area (Å²) >= 11 is 1.88. The van der Waals surface area contributed by atoms with Gasteiger partial charge in [0, 0.05) is 23.7 Å². The van der Waals surface area contributed by atoms with Gasteiger partial charge in [-0.25, -0.2) is 5.01 Å². The number of rotatable bonds is 6. The van der Waals surface area contributed by atoms with E-state index >= 15 is 0 Å². The Morgan fingerprint density at radius 1 is 1.29 bits per heavy atom. The molecule has 0 aliphatic carbocycles. The van der Waals surface area contributed by atoms with Crippen LogP contribution >= 0.6 is 11.8 Å². The van der Waals surface area contributed by atoms with Crippen LogP contribution in [0.4, 0.5) is 0 Å². The van der Waals surface area contributed by atoms with Crippen molar-refractivity contribution in [3.8, 4) is 0 Å². The molecule has 1 aromatic heterocycles. The predicted molar refractivity (Wildman–Crippen MR) is 98.5 cm³/mol. The van der Waals surface area contributed by atoms with Crippen molar-refractivity contribution in [2.75, 3.05) is 12.3 Å². The number of hydrogen-bond acceptors (Lipinski definition) is 4. The molecule has 0 atom stereocenters. The fourth-order valence-corrected chi connectivity index (χ4v) is 3.60. The smallest absolute Gasteiger partial charge is 0.267 e. The fraction of sp³-hybridized carbons (Fsp3) is 0.316. The van der Waals surface area contributed by atoms with Crippen LogP contribution in [0.1, 0.15) is 42.1 Å². The number of hydrazone groups is 1. The van der Waals surface area contributed by atoms with Crippen LogP contribution in [-0.4, -0.2) is 33.9 Å². The number of thioether (sulfide) groups is 1. The molecule has 1 amide bonds. The molecule has 0 spiro atoms. The number of unbranched alkanes of at least 4 members (excludes halogenated alkanes) is 1. The molecule has 2 aromatic rings. The number of carbonyl (C=O) groups excluding carboxylic acids is 1. The van der Waals surface area contributed by atoms with E-state index < -0.39 is 0 Å². The molecule has 4 nitrogen and oxygen atoms in total. The van der Waals surface area contributed by atoms with Crippen LogP contribution in [0.5, 0.6) is 0 Å². The van der Waals surface area contributed by atoms with Crippen molar-refractivity contribution >= 4 is 23.4 Å². The number of benzene rings is 1. The minimum atomic E-state index is -0.0911. The Morgan fingerprint density at radius 2 is 2.21 bits per heavy atom. The first kappa shape index (κ1) is 16.7. The number of carbonyl (C=O) groups is 1. The van der Waals surface area contributed by atoms with Crippen LogP contribution in [0.2, 0.25) is 0 Å². The molecular formula is C19H21N3OS. The standard InChI is InChI=1S/C19H21N3OS/c1-2-3-12-24-17-8-4-6-15(13-17)18-9-11-22(21-18)19(23)16-7-5-10-20-14-16/h4-8,10,13-14H,2-3,9,11-12H2,1H3. The summed E-state index contributed by atoms with van der Waals surface area (Å²) in [7, 11) is 0. The van der Waals surface area contributed by atoms with E-state index in [2.05, 4.69) is 41.3 Å². The Hall–Kier alpha value is -2.14. The van der Waals surface area contributed by atoms with E-state index in [1.807, 2.05) is 11.8 Å². The van der Waals surface area contributed by atoms with Gasteiger partial charge in [-0.1, -0.05) is 25.5 Å². The molecule has 1 aliphatic rings. The highest BCUT2D eigenvalue weighted by Crippen LogP contribution is 2.23. The average molecular weight is 339 g/mol. The molecule has 0 saturated carbocycles. The molecule has 5 heteroatoms. The van der Waals surface area contributed by atoms with Crippen molar-refractivity contribution in [3.63, 3.8) is 0 Å². The zero-order chi connectivity index (χ0) is 16.8. The highest BCUT2D eigenvalue weighted by molar-refractivity contribution is 7.99. The van der Waals surface area contributed by atoms with Gasteiger partial charge in [-0.3, -0.25) is 9.78 Å². The predicted octanol–water partition coefficient (Wildman–Crippen LogP) is 4.22. The highest BCUT2D eigenvalue weighted by Gasteiger charge is 2.22. The van der Waals surface area contributed by atoms with Crippen molar-refractivity contribution in [1.29, 1.82) is 0 Å². The Labute approximate surface area is 147 Å². The van der Waals surface area contributed by atoms with E-state index in [-0.39, 0.29) is 5.91 Å². The molecule has 2 heterocycles. The van der Waals surface area contributed by atoms with E-state index in [1.54, 1.807) is 29.5 Å². The molecule has 0 N–H and O–H groups in total. The average Bonchev–Trinajstić information content (AvgIpc) is 3.12. The lowest BCUT2D eigenvalue weighted by atomic mass is 10.1. The first-order chi connectivity index (χ1) is 11.8. The normalized spacial score (nSPS) is 13.9. The third-order valence-corrected chi connectivity index (χ3v) is 4.96. The van der Waals surface area contributed by atoms with Gasteiger partial charge in [-0.15, -0.1) is 11.8 Å². The monoisotopic (exact) mass is 339 g/mol. The summed E-state index contributed by atoms with van der Waals surface area (Å²) in [5.74, 6) is 1.05. The number of pyridine rings is 1. The van der Waals surface area contributed by atoms with Gasteiger partial charge in [-0.05, 0) is 42.0 Å². The van der Waals surface area contributed by atoms with Gasteiger partial charge < -0.3 is 0 Å². The Balaban J connectivity index is 1.71. The quantitative estimate of drug-likeness (QED) is 0.584. The minimum Gasteiger partial charge on any atom is -0.267 e. The minimum absolute atomic E-state index is 0.0911. The SMILES string of the molecule is CCCCSc1cccc(C2=NN(C(=O)c3cccnc3)CC2)c1. The molecule has 0 fully saturated rings. The third kappa shape index (κ3) is 4.03. The summed E-state index contributed by atoms with van der Waals surface area (Å²) in [5, 5.41) is 6.08. The maximum Gasteiger partial charge on any atom is 0.275 e. The molecule has 3 rings (SSSR count). The Morgan fingerprint density at radius 3 is 3.00 bits per heavy atom. The van der Waals surface area contributed by atoms with E-state index in [0.29, 0.717) is 12.1 Å². The van der Waals surface area contributed by atoms with Crippen molar-refractivity contribution in [1.82, 2.24) is 9.99 Å². The summed E-state index contributed by atoms with van der Waals surface area (Å²) in [6.07, 6.45) is 6.47. The molecular weight excluding hydrogens is 318 g/mol. The number of nitrogens with zero attached hydrogens (tertiary/aromatic N) is 3. The van der Waals surface area contributed by atoms with Gasteiger partial charge in [0.05, 0.1) is 17.8 Å². The molecule has 0 unspecified atom stereocenters. The summed E-state index contributed by atoms with van der Waals surface area (Å²) in [6.45, 7) is 2.83. The maximum absolute atomic E-state index is 12.4. The zero-order valence-corrected chi connectivity index (χ0v) is 14.6. The largest absolute Gasteiger partial charge is 0.275 e. The second-order valence-electron chi connectivity index (χ2n) is 5.70. The van der Waals surface area contributed by atoms with Gasteiger partial charge in [0.1, 0.15) is 0 Å². The molecule has 0 radical (unpaired) electrons. The van der Waals surface area contributed by atoms with E-state index in [4.69, 9.17) is 0 Å². The van der Waals surface area contributed by atoms with Crippen LogP contribution in [0, 0.1) is 0 Å². The summed E-state index contributed by atoms with van der Waals surface area (Å²) in [4.78, 5) is 17.7. The first-order valence-corrected chi connectivity index (χ1v) is 9.29. The fourth-order valence-electron chi connectivity index (χ4n) is 2.54. The molecule has 24 heavy (non-hydrogen) atoms. The third-order valence-electron chi connectivity index (χ3n) is 3.88. The van der Waals surface area contributed by atoms with E-state index in [1.165, 1.54) is 17.7 Å². The molecule has 1 aliphatic heterocycles. The van der Waals surface area contributed by atoms with Crippen molar-refractivity contribution < 1.29 is 4.79 Å². The van der Waals surface area contributed by atoms with Gasteiger partial charge in [0.25, 0.3) is 5.91 Å². The lowest BCUT2D eigenvalue weighted by Crippen LogP contribution is -2.23. The van der Waals surface area contributed by atoms with E-state index in [0.717, 1.165) is 23.4 Å². The van der Waals surface area contributed by atoms with Gasteiger partial charge >= 0.3 is 0 Å². The summed E-state index contributed by atoms with van der Waals surface area (Å²) in [5.41, 5.74) is 2.66. The molecule has 1 aromatic carbocycles. The topological polar surface area (TPSA) is 45.6 Å².